The molecule has 0 aliphatic carbocycles. The molecular formula is C23H23N5O2S. The van der Waals surface area contributed by atoms with Gasteiger partial charge in [0.2, 0.25) is 0 Å². The van der Waals surface area contributed by atoms with E-state index >= 15 is 0 Å². The Morgan fingerprint density at radius 1 is 1.00 bits per heavy atom. The maximum Gasteiger partial charge on any atom is 0.264 e. The van der Waals surface area contributed by atoms with Gasteiger partial charge in [0.05, 0.1) is 34.6 Å². The van der Waals surface area contributed by atoms with E-state index in [1.165, 1.54) is 16.9 Å². The third kappa shape index (κ3) is 4.52. The van der Waals surface area contributed by atoms with Gasteiger partial charge in [0.15, 0.2) is 0 Å². The van der Waals surface area contributed by atoms with Crippen LogP contribution in [0.15, 0.2) is 71.9 Å². The maximum absolute atomic E-state index is 13.5. The lowest BCUT2D eigenvalue weighted by Gasteiger charge is -2.29. The zero-order valence-electron chi connectivity index (χ0n) is 17.1. The lowest BCUT2D eigenvalue weighted by atomic mass is 10.1. The Labute approximate surface area is 182 Å². The first-order chi connectivity index (χ1) is 15.1. The second-order valence-corrected chi connectivity index (χ2v) is 9.23. The average molecular weight is 434 g/mol. The van der Waals surface area contributed by atoms with Crippen LogP contribution in [0, 0.1) is 11.3 Å². The van der Waals surface area contributed by atoms with Crippen LogP contribution >= 0.6 is 0 Å². The van der Waals surface area contributed by atoms with E-state index in [9.17, 15) is 13.7 Å². The molecule has 1 fully saturated rings. The summed E-state index contributed by atoms with van der Waals surface area (Å²) in [6.45, 7) is 1.73. The molecule has 8 heteroatoms. The van der Waals surface area contributed by atoms with Crippen molar-refractivity contribution in [1.82, 2.24) is 9.97 Å². The van der Waals surface area contributed by atoms with Crippen molar-refractivity contribution in [3.63, 3.8) is 0 Å². The number of nitriles is 1. The molecule has 1 aliphatic heterocycles. The zero-order chi connectivity index (χ0) is 21.7. The highest BCUT2D eigenvalue weighted by Gasteiger charge is 2.27. The lowest BCUT2D eigenvalue weighted by molar-refractivity contribution is 0.573. The van der Waals surface area contributed by atoms with E-state index < -0.39 is 10.0 Å². The second kappa shape index (κ2) is 9.14. The molecule has 1 aliphatic rings. The van der Waals surface area contributed by atoms with Gasteiger partial charge in [0, 0.05) is 19.3 Å². The summed E-state index contributed by atoms with van der Waals surface area (Å²) >= 11 is 0. The van der Waals surface area contributed by atoms with Crippen LogP contribution in [0.4, 0.5) is 11.5 Å². The molecule has 0 saturated carbocycles. The Bertz CT molecular complexity index is 1170. The summed E-state index contributed by atoms with van der Waals surface area (Å²) in [4.78, 5) is 11.1. The minimum atomic E-state index is -3.88. The van der Waals surface area contributed by atoms with Crippen molar-refractivity contribution in [3.8, 4) is 6.07 Å². The van der Waals surface area contributed by atoms with E-state index in [1.54, 1.807) is 54.7 Å². The Balaban J connectivity index is 1.77. The van der Waals surface area contributed by atoms with Crippen LogP contribution in [0.3, 0.4) is 0 Å². The molecule has 3 heterocycles. The molecule has 0 bridgehead atoms. The molecule has 7 nitrogen and oxygen atoms in total. The summed E-state index contributed by atoms with van der Waals surface area (Å²) in [5, 5.41) is 9.77. The number of hydrogen-bond acceptors (Lipinski definition) is 6. The highest BCUT2D eigenvalue weighted by molar-refractivity contribution is 7.92. The summed E-state index contributed by atoms with van der Waals surface area (Å²) in [5.41, 5.74) is 1.31. The van der Waals surface area contributed by atoms with Crippen LogP contribution in [0.5, 0.6) is 0 Å². The van der Waals surface area contributed by atoms with Gasteiger partial charge >= 0.3 is 0 Å². The summed E-state index contributed by atoms with van der Waals surface area (Å²) < 4.78 is 28.3. The van der Waals surface area contributed by atoms with Gasteiger partial charge in [0.25, 0.3) is 10.0 Å². The van der Waals surface area contributed by atoms with Crippen LogP contribution in [0.1, 0.15) is 30.5 Å². The largest absolute Gasteiger partial charge is 0.356 e. The third-order valence-corrected chi connectivity index (χ3v) is 7.07. The zero-order valence-corrected chi connectivity index (χ0v) is 17.9. The number of nitrogens with zero attached hydrogens (tertiary/aromatic N) is 5. The van der Waals surface area contributed by atoms with E-state index in [1.807, 2.05) is 6.07 Å². The van der Waals surface area contributed by atoms with Crippen molar-refractivity contribution in [2.45, 2.75) is 30.7 Å². The average Bonchev–Trinajstić information content (AvgIpc) is 2.84. The summed E-state index contributed by atoms with van der Waals surface area (Å²) in [5.74, 6) is 0.612. The molecule has 3 aromatic rings. The Morgan fingerprint density at radius 3 is 2.42 bits per heavy atom. The fourth-order valence-corrected chi connectivity index (χ4v) is 5.13. The van der Waals surface area contributed by atoms with Crippen LogP contribution in [0.2, 0.25) is 0 Å². The number of benzene rings is 1. The van der Waals surface area contributed by atoms with Crippen molar-refractivity contribution in [1.29, 1.82) is 5.26 Å². The van der Waals surface area contributed by atoms with E-state index in [-0.39, 0.29) is 11.4 Å². The van der Waals surface area contributed by atoms with Gasteiger partial charge in [-0.3, -0.25) is 9.29 Å². The molecule has 0 radical (unpaired) electrons. The second-order valence-electron chi connectivity index (χ2n) is 7.37. The standard InChI is InChI=1S/C23H23N5O2S/c24-16-19-15-21(17-26-23(19)27-13-7-2-8-14-27)28(18-20-9-5-6-12-25-20)31(29,30)22-10-3-1-4-11-22/h1,3-6,9-12,15,17H,2,7-8,13-14,18H2. The monoisotopic (exact) mass is 433 g/mol. The molecule has 2 aromatic heterocycles. The summed E-state index contributed by atoms with van der Waals surface area (Å²) in [7, 11) is -3.88. The van der Waals surface area contributed by atoms with E-state index in [2.05, 4.69) is 20.9 Å². The Morgan fingerprint density at radius 2 is 1.74 bits per heavy atom. The molecular weight excluding hydrogens is 410 g/mol. The van der Waals surface area contributed by atoms with E-state index in [0.29, 0.717) is 22.8 Å². The smallest absolute Gasteiger partial charge is 0.264 e. The molecule has 0 unspecified atom stereocenters. The van der Waals surface area contributed by atoms with E-state index in [4.69, 9.17) is 0 Å². The van der Waals surface area contributed by atoms with Crippen molar-refractivity contribution in [2.75, 3.05) is 22.3 Å². The van der Waals surface area contributed by atoms with Crippen molar-refractivity contribution < 1.29 is 8.42 Å². The number of rotatable bonds is 6. The van der Waals surface area contributed by atoms with Gasteiger partial charge in [-0.15, -0.1) is 0 Å². The summed E-state index contributed by atoms with van der Waals surface area (Å²) in [6.07, 6.45) is 6.45. The lowest BCUT2D eigenvalue weighted by Crippen LogP contribution is -2.33. The van der Waals surface area contributed by atoms with Gasteiger partial charge in [-0.25, -0.2) is 13.4 Å². The third-order valence-electron chi connectivity index (χ3n) is 5.28. The van der Waals surface area contributed by atoms with Gasteiger partial charge in [0.1, 0.15) is 11.9 Å². The predicted octanol–water partition coefficient (Wildman–Crippen LogP) is 3.73. The predicted molar refractivity (Wildman–Crippen MR) is 119 cm³/mol. The summed E-state index contributed by atoms with van der Waals surface area (Å²) in [6, 6.07) is 17.4. The number of pyridine rings is 2. The molecule has 4 rings (SSSR count). The first kappa shape index (κ1) is 20.8. The van der Waals surface area contributed by atoms with Crippen molar-refractivity contribution >= 4 is 21.5 Å². The molecule has 0 spiro atoms. The fourth-order valence-electron chi connectivity index (χ4n) is 3.70. The van der Waals surface area contributed by atoms with Gasteiger partial charge in [-0.1, -0.05) is 24.3 Å². The number of piperidine rings is 1. The normalized spacial score (nSPS) is 14.1. The van der Waals surface area contributed by atoms with E-state index in [0.717, 1.165) is 25.9 Å². The van der Waals surface area contributed by atoms with Crippen LogP contribution in [-0.4, -0.2) is 31.5 Å². The maximum atomic E-state index is 13.5. The number of anilines is 2. The quantitative estimate of drug-likeness (QED) is 0.588. The SMILES string of the molecule is N#Cc1cc(N(Cc2ccccn2)S(=O)(=O)c2ccccc2)cnc1N1CCCCC1. The van der Waals surface area contributed by atoms with Crippen LogP contribution in [-0.2, 0) is 16.6 Å². The topological polar surface area (TPSA) is 90.2 Å². The molecule has 0 amide bonds. The van der Waals surface area contributed by atoms with Crippen LogP contribution < -0.4 is 9.21 Å². The van der Waals surface area contributed by atoms with Gasteiger partial charge in [-0.05, 0) is 49.6 Å². The Kier molecular flexibility index (Phi) is 6.14. The fraction of sp³-hybridized carbons (Fsp3) is 0.261. The minimum absolute atomic E-state index is 0.0354. The highest BCUT2D eigenvalue weighted by atomic mass is 32.2. The van der Waals surface area contributed by atoms with Gasteiger partial charge < -0.3 is 4.90 Å². The van der Waals surface area contributed by atoms with Crippen molar-refractivity contribution in [2.24, 2.45) is 0 Å². The first-order valence-corrected chi connectivity index (χ1v) is 11.7. The molecule has 0 N–H and O–H groups in total. The Hall–Kier alpha value is -3.44. The molecule has 0 atom stereocenters. The molecule has 158 valence electrons. The highest BCUT2D eigenvalue weighted by Crippen LogP contribution is 2.29. The van der Waals surface area contributed by atoms with Crippen molar-refractivity contribution in [3.05, 3.63) is 78.2 Å². The molecule has 1 saturated heterocycles. The number of sulfonamides is 1. The van der Waals surface area contributed by atoms with Gasteiger partial charge in [-0.2, -0.15) is 5.26 Å². The first-order valence-electron chi connectivity index (χ1n) is 10.2. The number of hydrogen-bond donors (Lipinski definition) is 0. The minimum Gasteiger partial charge on any atom is -0.356 e. The van der Waals surface area contributed by atoms with Crippen LogP contribution in [0.25, 0.3) is 0 Å². The molecule has 1 aromatic carbocycles. The molecule has 31 heavy (non-hydrogen) atoms. The number of aromatic nitrogens is 2.